The highest BCUT2D eigenvalue weighted by Gasteiger charge is 2.34. The summed E-state index contributed by atoms with van der Waals surface area (Å²) in [6.07, 6.45) is -0.972. The van der Waals surface area contributed by atoms with Crippen LogP contribution in [0.1, 0.15) is 11.1 Å². The fraction of sp³-hybridized carbons (Fsp3) is 0.174. The molecule has 0 saturated carbocycles. The van der Waals surface area contributed by atoms with Gasteiger partial charge in [0.2, 0.25) is 0 Å². The maximum atomic E-state index is 13.4. The van der Waals surface area contributed by atoms with Crippen molar-refractivity contribution in [2.75, 3.05) is 19.0 Å². The maximum absolute atomic E-state index is 13.4. The fourth-order valence-electron chi connectivity index (χ4n) is 3.33. The van der Waals surface area contributed by atoms with Crippen molar-refractivity contribution in [2.45, 2.75) is 12.6 Å². The van der Waals surface area contributed by atoms with Crippen LogP contribution < -0.4 is 10.1 Å². The van der Waals surface area contributed by atoms with E-state index in [0.717, 1.165) is 29.2 Å². The Labute approximate surface area is 177 Å². The first-order chi connectivity index (χ1) is 15.0. The van der Waals surface area contributed by atoms with E-state index in [-0.39, 0.29) is 5.69 Å². The first-order valence-corrected chi connectivity index (χ1v) is 9.60. The zero-order valence-corrected chi connectivity index (χ0v) is 16.6. The molecule has 0 bridgehead atoms. The number of pyridine rings is 1. The smallest absolute Gasteiger partial charge is 0.418 e. The van der Waals surface area contributed by atoms with Crippen LogP contribution in [0.5, 0.6) is 5.75 Å². The van der Waals surface area contributed by atoms with Gasteiger partial charge < -0.3 is 10.1 Å². The van der Waals surface area contributed by atoms with E-state index in [1.807, 2.05) is 24.3 Å². The van der Waals surface area contributed by atoms with Crippen LogP contribution >= 0.6 is 0 Å². The second-order valence-corrected chi connectivity index (χ2v) is 6.88. The Morgan fingerprint density at radius 1 is 0.968 bits per heavy atom. The van der Waals surface area contributed by atoms with Crippen LogP contribution in [0.2, 0.25) is 0 Å². The number of aromatic nitrogens is 3. The topological polar surface area (TPSA) is 59.9 Å². The Bertz CT molecular complexity index is 1190. The quantitative estimate of drug-likeness (QED) is 0.451. The summed E-state index contributed by atoms with van der Waals surface area (Å²) in [6, 6.07) is 15.0. The number of fused-ring (bicyclic) bond motifs is 1. The molecule has 4 rings (SSSR count). The molecule has 5 nitrogen and oxygen atoms in total. The molecule has 0 aliphatic heterocycles. The van der Waals surface area contributed by atoms with E-state index in [1.165, 1.54) is 18.6 Å². The van der Waals surface area contributed by atoms with E-state index in [0.29, 0.717) is 23.4 Å². The number of anilines is 1. The number of benzene rings is 2. The first-order valence-electron chi connectivity index (χ1n) is 9.60. The van der Waals surface area contributed by atoms with Crippen molar-refractivity contribution >= 4 is 16.7 Å². The second kappa shape index (κ2) is 8.59. The van der Waals surface area contributed by atoms with Gasteiger partial charge in [-0.25, -0.2) is 9.97 Å². The van der Waals surface area contributed by atoms with E-state index in [9.17, 15) is 13.2 Å². The molecule has 1 N–H and O–H groups in total. The first kappa shape index (κ1) is 20.6. The van der Waals surface area contributed by atoms with E-state index in [1.54, 1.807) is 25.3 Å². The molecule has 2 heterocycles. The van der Waals surface area contributed by atoms with Gasteiger partial charge in [-0.15, -0.1) is 0 Å². The van der Waals surface area contributed by atoms with Crippen LogP contribution in [0.4, 0.5) is 19.0 Å². The lowest BCUT2D eigenvalue weighted by atomic mass is 10.0. The number of rotatable bonds is 6. The van der Waals surface area contributed by atoms with Gasteiger partial charge in [-0.2, -0.15) is 13.2 Å². The van der Waals surface area contributed by atoms with Crippen LogP contribution in [-0.4, -0.2) is 28.6 Å². The van der Waals surface area contributed by atoms with E-state index >= 15 is 0 Å². The second-order valence-electron chi connectivity index (χ2n) is 6.88. The third-order valence-corrected chi connectivity index (χ3v) is 4.89. The number of hydrogen-bond acceptors (Lipinski definition) is 5. The predicted molar refractivity (Wildman–Crippen MR) is 113 cm³/mol. The van der Waals surface area contributed by atoms with Crippen molar-refractivity contribution in [3.63, 3.8) is 0 Å². The van der Waals surface area contributed by atoms with Crippen LogP contribution in [0.3, 0.4) is 0 Å². The van der Waals surface area contributed by atoms with Crippen molar-refractivity contribution in [3.05, 3.63) is 78.2 Å². The average Bonchev–Trinajstić information content (AvgIpc) is 2.79. The summed E-state index contributed by atoms with van der Waals surface area (Å²) in [5, 5.41) is 4.01. The van der Waals surface area contributed by atoms with Crippen LogP contribution in [0.15, 0.2) is 67.1 Å². The minimum atomic E-state index is -4.49. The number of methoxy groups -OCH3 is 1. The number of nitrogens with one attached hydrogen (secondary N) is 1. The predicted octanol–water partition coefficient (Wildman–Crippen LogP) is 5.37. The monoisotopic (exact) mass is 424 g/mol. The van der Waals surface area contributed by atoms with Gasteiger partial charge in [0, 0.05) is 23.7 Å². The number of ether oxygens (including phenoxy) is 1. The molecule has 8 heteroatoms. The Morgan fingerprint density at radius 2 is 1.77 bits per heavy atom. The highest BCUT2D eigenvalue weighted by molar-refractivity contribution is 5.91. The Hall–Kier alpha value is -3.68. The summed E-state index contributed by atoms with van der Waals surface area (Å²) >= 11 is 0. The van der Waals surface area contributed by atoms with Gasteiger partial charge in [-0.05, 0) is 48.4 Å². The fourth-order valence-corrected chi connectivity index (χ4v) is 3.33. The molecule has 2 aromatic heterocycles. The maximum Gasteiger partial charge on any atom is 0.418 e. The highest BCUT2D eigenvalue weighted by atomic mass is 19.4. The molecule has 0 aliphatic carbocycles. The van der Waals surface area contributed by atoms with Gasteiger partial charge in [0.25, 0.3) is 0 Å². The third-order valence-electron chi connectivity index (χ3n) is 4.89. The van der Waals surface area contributed by atoms with E-state index in [4.69, 9.17) is 4.74 Å². The molecule has 0 radical (unpaired) electrons. The van der Waals surface area contributed by atoms with Crippen LogP contribution in [-0.2, 0) is 12.6 Å². The minimum absolute atomic E-state index is 0.121. The van der Waals surface area contributed by atoms with Crippen molar-refractivity contribution < 1.29 is 17.9 Å². The molecular weight excluding hydrogens is 405 g/mol. The lowest BCUT2D eigenvalue weighted by Gasteiger charge is -2.13. The van der Waals surface area contributed by atoms with Gasteiger partial charge in [0.05, 0.1) is 23.9 Å². The van der Waals surface area contributed by atoms with Crippen molar-refractivity contribution in [1.82, 2.24) is 15.0 Å². The molecule has 0 aliphatic rings. The van der Waals surface area contributed by atoms with Crippen molar-refractivity contribution in [3.8, 4) is 17.0 Å². The molecule has 0 unspecified atom stereocenters. The SMILES string of the molecule is COc1ccc(CCNc2ncnc3cc(-c4ncccc4C(F)(F)F)ccc23)cc1. The average molecular weight is 424 g/mol. The molecule has 0 amide bonds. The van der Waals surface area contributed by atoms with Crippen molar-refractivity contribution in [2.24, 2.45) is 0 Å². The van der Waals surface area contributed by atoms with Gasteiger partial charge in [-0.1, -0.05) is 18.2 Å². The summed E-state index contributed by atoms with van der Waals surface area (Å²) < 4.78 is 45.2. The van der Waals surface area contributed by atoms with Crippen LogP contribution in [0.25, 0.3) is 22.2 Å². The summed E-state index contributed by atoms with van der Waals surface area (Å²) in [6.45, 7) is 0.638. The molecule has 0 spiro atoms. The highest BCUT2D eigenvalue weighted by Crippen LogP contribution is 2.36. The van der Waals surface area contributed by atoms with Gasteiger partial charge in [-0.3, -0.25) is 4.98 Å². The Morgan fingerprint density at radius 3 is 2.52 bits per heavy atom. The molecule has 158 valence electrons. The van der Waals surface area contributed by atoms with Crippen molar-refractivity contribution in [1.29, 1.82) is 0 Å². The molecular formula is C23H19F3N4O. The largest absolute Gasteiger partial charge is 0.497 e. The normalized spacial score (nSPS) is 11.5. The molecule has 0 atom stereocenters. The minimum Gasteiger partial charge on any atom is -0.497 e. The zero-order valence-electron chi connectivity index (χ0n) is 16.6. The molecule has 0 saturated heterocycles. The number of alkyl halides is 3. The van der Waals surface area contributed by atoms with Gasteiger partial charge in [0.15, 0.2) is 0 Å². The number of nitrogens with zero attached hydrogens (tertiary/aromatic N) is 3. The Balaban J connectivity index is 1.56. The third kappa shape index (κ3) is 4.58. The van der Waals surface area contributed by atoms with E-state index in [2.05, 4.69) is 20.3 Å². The molecule has 31 heavy (non-hydrogen) atoms. The zero-order chi connectivity index (χ0) is 21.8. The standard InChI is InChI=1S/C23H19F3N4O/c1-31-17-7-4-15(5-8-17)10-12-28-22-18-9-6-16(13-20(18)29-14-30-22)21-19(23(24,25)26)3-2-11-27-21/h2-9,11,13-14H,10,12H2,1H3,(H,28,29,30). The van der Waals surface area contributed by atoms with Gasteiger partial charge >= 0.3 is 6.18 Å². The van der Waals surface area contributed by atoms with Crippen LogP contribution in [0, 0.1) is 0 Å². The Kier molecular flexibility index (Phi) is 5.70. The summed E-state index contributed by atoms with van der Waals surface area (Å²) in [7, 11) is 1.62. The lowest BCUT2D eigenvalue weighted by molar-refractivity contribution is -0.137. The summed E-state index contributed by atoms with van der Waals surface area (Å²) in [5.74, 6) is 1.43. The van der Waals surface area contributed by atoms with Gasteiger partial charge in [0.1, 0.15) is 17.9 Å². The molecule has 2 aromatic carbocycles. The summed E-state index contributed by atoms with van der Waals surface area (Å²) in [5.41, 5.74) is 1.14. The number of halogens is 3. The molecule has 0 fully saturated rings. The summed E-state index contributed by atoms with van der Waals surface area (Å²) in [4.78, 5) is 12.5. The molecule has 4 aromatic rings. The lowest BCUT2D eigenvalue weighted by Crippen LogP contribution is -2.08. The number of hydrogen-bond donors (Lipinski definition) is 1. The van der Waals surface area contributed by atoms with E-state index < -0.39 is 11.7 Å².